The standard InChI is InChI=1S/C16H21F3N4O/c1-10(2)22-4-5-23-12(9-22)7-14(24)21(3)13-6-11(16(17,18)19)8-20-15(13)23/h6,8,10,12H,4-5,7,9H2,1-3H3. The third-order valence-corrected chi connectivity index (χ3v) is 4.84. The Morgan fingerprint density at radius 3 is 2.62 bits per heavy atom. The van der Waals surface area contributed by atoms with E-state index < -0.39 is 11.7 Å². The van der Waals surface area contributed by atoms with Gasteiger partial charge in [-0.3, -0.25) is 9.69 Å². The van der Waals surface area contributed by atoms with Crippen molar-refractivity contribution >= 4 is 17.4 Å². The molecule has 0 N–H and O–H groups in total. The highest BCUT2D eigenvalue weighted by Crippen LogP contribution is 2.38. The van der Waals surface area contributed by atoms with E-state index in [2.05, 4.69) is 23.7 Å². The topological polar surface area (TPSA) is 39.7 Å². The van der Waals surface area contributed by atoms with E-state index in [1.54, 1.807) is 0 Å². The summed E-state index contributed by atoms with van der Waals surface area (Å²) in [6.07, 6.45) is -3.35. The van der Waals surface area contributed by atoms with Gasteiger partial charge in [0, 0.05) is 45.3 Å². The lowest BCUT2D eigenvalue weighted by Gasteiger charge is -2.42. The zero-order valence-electron chi connectivity index (χ0n) is 14.0. The maximum atomic E-state index is 13.0. The van der Waals surface area contributed by atoms with Crippen LogP contribution in [0.4, 0.5) is 24.7 Å². The van der Waals surface area contributed by atoms with Crippen LogP contribution in [0.5, 0.6) is 0 Å². The lowest BCUT2D eigenvalue weighted by Crippen LogP contribution is -2.55. The molecule has 0 aliphatic carbocycles. The number of pyridine rings is 1. The fourth-order valence-corrected chi connectivity index (χ4v) is 3.34. The predicted octanol–water partition coefficient (Wildman–Crippen LogP) is 2.37. The van der Waals surface area contributed by atoms with Crippen LogP contribution in [0.3, 0.4) is 0 Å². The number of carbonyl (C=O) groups excluding carboxylic acids is 1. The Hall–Kier alpha value is -1.83. The summed E-state index contributed by atoms with van der Waals surface area (Å²) in [6, 6.07) is 1.32. The molecule has 1 fully saturated rings. The molecular formula is C16H21F3N4O. The number of aromatic nitrogens is 1. The van der Waals surface area contributed by atoms with E-state index in [1.165, 1.54) is 11.9 Å². The highest BCUT2D eigenvalue weighted by Gasteiger charge is 2.39. The maximum absolute atomic E-state index is 13.0. The molecule has 2 aliphatic rings. The van der Waals surface area contributed by atoms with Gasteiger partial charge in [0.05, 0.1) is 17.3 Å². The van der Waals surface area contributed by atoms with Crippen molar-refractivity contribution in [2.24, 2.45) is 0 Å². The van der Waals surface area contributed by atoms with Crippen LogP contribution < -0.4 is 9.80 Å². The molecule has 1 saturated heterocycles. The molecule has 3 heterocycles. The van der Waals surface area contributed by atoms with Gasteiger partial charge in [0.1, 0.15) is 0 Å². The molecule has 0 bridgehead atoms. The first-order chi connectivity index (χ1) is 11.2. The van der Waals surface area contributed by atoms with Gasteiger partial charge in [0.15, 0.2) is 5.82 Å². The number of amides is 1. The molecule has 1 unspecified atom stereocenters. The first-order valence-electron chi connectivity index (χ1n) is 8.03. The van der Waals surface area contributed by atoms with Crippen molar-refractivity contribution in [2.75, 3.05) is 36.5 Å². The lowest BCUT2D eigenvalue weighted by molar-refractivity contribution is -0.137. The van der Waals surface area contributed by atoms with Crippen LogP contribution >= 0.6 is 0 Å². The Bertz CT molecular complexity index is 647. The normalized spacial score (nSPS) is 22.5. The molecule has 8 heteroatoms. The summed E-state index contributed by atoms with van der Waals surface area (Å²) in [5.41, 5.74) is -0.601. The van der Waals surface area contributed by atoms with Gasteiger partial charge in [-0.2, -0.15) is 13.2 Å². The minimum Gasteiger partial charge on any atom is -0.349 e. The van der Waals surface area contributed by atoms with Gasteiger partial charge in [-0.15, -0.1) is 0 Å². The van der Waals surface area contributed by atoms with Gasteiger partial charge < -0.3 is 9.80 Å². The average molecular weight is 342 g/mol. The molecule has 1 atom stereocenters. The lowest BCUT2D eigenvalue weighted by atomic mass is 10.1. The maximum Gasteiger partial charge on any atom is 0.417 e. The first kappa shape index (κ1) is 17.0. The molecular weight excluding hydrogens is 321 g/mol. The van der Waals surface area contributed by atoms with Crippen LogP contribution in [-0.4, -0.2) is 54.6 Å². The van der Waals surface area contributed by atoms with Crippen LogP contribution in [0.15, 0.2) is 12.3 Å². The molecule has 0 radical (unpaired) electrons. The van der Waals surface area contributed by atoms with Crippen molar-refractivity contribution in [1.82, 2.24) is 9.88 Å². The second kappa shape index (κ2) is 5.91. The molecule has 0 spiro atoms. The summed E-state index contributed by atoms with van der Waals surface area (Å²) in [4.78, 5) is 22.1. The molecule has 1 aromatic heterocycles. The van der Waals surface area contributed by atoms with E-state index in [0.29, 0.717) is 24.9 Å². The Kier molecular flexibility index (Phi) is 4.19. The number of halogens is 3. The Morgan fingerprint density at radius 1 is 1.29 bits per heavy atom. The van der Waals surface area contributed by atoms with E-state index in [-0.39, 0.29) is 24.1 Å². The van der Waals surface area contributed by atoms with Crippen molar-refractivity contribution in [3.63, 3.8) is 0 Å². The Balaban J connectivity index is 2.01. The third-order valence-electron chi connectivity index (χ3n) is 4.84. The molecule has 0 saturated carbocycles. The van der Waals surface area contributed by atoms with Crippen molar-refractivity contribution < 1.29 is 18.0 Å². The Morgan fingerprint density at radius 2 is 2.00 bits per heavy atom. The number of carbonyl (C=O) groups is 1. The van der Waals surface area contributed by atoms with Crippen LogP contribution in [0.2, 0.25) is 0 Å². The summed E-state index contributed by atoms with van der Waals surface area (Å²) in [6.45, 7) is 6.35. The van der Waals surface area contributed by atoms with Gasteiger partial charge in [-0.25, -0.2) is 4.98 Å². The van der Waals surface area contributed by atoms with Crippen LogP contribution in [0.25, 0.3) is 0 Å². The number of alkyl halides is 3. The predicted molar refractivity (Wildman–Crippen MR) is 85.1 cm³/mol. The minimum absolute atomic E-state index is 0.0680. The number of fused-ring (bicyclic) bond motifs is 3. The zero-order valence-corrected chi connectivity index (χ0v) is 14.0. The SMILES string of the molecule is CC(C)N1CCN2c3ncc(C(F)(F)F)cc3N(C)C(=O)CC2C1. The second-order valence-corrected chi connectivity index (χ2v) is 6.66. The molecule has 132 valence electrons. The summed E-state index contributed by atoms with van der Waals surface area (Å²) >= 11 is 0. The Labute approximate surface area is 139 Å². The summed E-state index contributed by atoms with van der Waals surface area (Å²) in [5, 5.41) is 0. The summed E-state index contributed by atoms with van der Waals surface area (Å²) < 4.78 is 39.0. The molecule has 3 rings (SSSR count). The summed E-state index contributed by atoms with van der Waals surface area (Å²) in [7, 11) is 1.52. The number of anilines is 2. The quantitative estimate of drug-likeness (QED) is 0.786. The highest BCUT2D eigenvalue weighted by molar-refractivity contribution is 5.98. The van der Waals surface area contributed by atoms with E-state index >= 15 is 0 Å². The minimum atomic E-state index is -4.48. The smallest absolute Gasteiger partial charge is 0.349 e. The van der Waals surface area contributed by atoms with Crippen molar-refractivity contribution in [2.45, 2.75) is 38.5 Å². The van der Waals surface area contributed by atoms with E-state index in [4.69, 9.17) is 0 Å². The third kappa shape index (κ3) is 2.94. The molecule has 24 heavy (non-hydrogen) atoms. The fourth-order valence-electron chi connectivity index (χ4n) is 3.34. The number of nitrogens with zero attached hydrogens (tertiary/aromatic N) is 4. The zero-order chi connectivity index (χ0) is 17.6. The fraction of sp³-hybridized carbons (Fsp3) is 0.625. The van der Waals surface area contributed by atoms with Gasteiger partial charge >= 0.3 is 6.18 Å². The van der Waals surface area contributed by atoms with Crippen molar-refractivity contribution in [1.29, 1.82) is 0 Å². The molecule has 0 aromatic carbocycles. The van der Waals surface area contributed by atoms with E-state index in [1.807, 2.05) is 4.90 Å². The van der Waals surface area contributed by atoms with E-state index in [0.717, 1.165) is 18.8 Å². The van der Waals surface area contributed by atoms with Crippen molar-refractivity contribution in [3.05, 3.63) is 17.8 Å². The molecule has 2 aliphatic heterocycles. The monoisotopic (exact) mass is 342 g/mol. The molecule has 1 amide bonds. The number of piperazine rings is 1. The first-order valence-corrected chi connectivity index (χ1v) is 8.03. The second-order valence-electron chi connectivity index (χ2n) is 6.66. The average Bonchev–Trinajstić information content (AvgIpc) is 2.61. The van der Waals surface area contributed by atoms with Crippen LogP contribution in [-0.2, 0) is 11.0 Å². The van der Waals surface area contributed by atoms with Gasteiger partial charge in [-0.05, 0) is 19.9 Å². The highest BCUT2D eigenvalue weighted by atomic mass is 19.4. The van der Waals surface area contributed by atoms with Gasteiger partial charge in [0.25, 0.3) is 0 Å². The summed E-state index contributed by atoms with van der Waals surface area (Å²) in [5.74, 6) is 0.278. The largest absolute Gasteiger partial charge is 0.417 e. The number of hydrogen-bond acceptors (Lipinski definition) is 4. The van der Waals surface area contributed by atoms with Crippen molar-refractivity contribution in [3.8, 4) is 0 Å². The molecule has 1 aromatic rings. The number of hydrogen-bond donors (Lipinski definition) is 0. The molecule has 5 nitrogen and oxygen atoms in total. The van der Waals surface area contributed by atoms with Crippen LogP contribution in [0.1, 0.15) is 25.8 Å². The van der Waals surface area contributed by atoms with Crippen LogP contribution in [0, 0.1) is 0 Å². The van der Waals surface area contributed by atoms with E-state index in [9.17, 15) is 18.0 Å². The van der Waals surface area contributed by atoms with Gasteiger partial charge in [-0.1, -0.05) is 0 Å². The number of rotatable bonds is 1. The van der Waals surface area contributed by atoms with Gasteiger partial charge in [0.2, 0.25) is 5.91 Å².